The standard InChI is InChI=1S/C9H7N3O6/c13-11(14)5-4-6-9(17-3-1-2-16-6)8-7(5)10-18-12(8)15/h4H,1-3H2. The minimum absolute atomic E-state index is 0.0792. The molecule has 1 aromatic heterocycles. The van der Waals surface area contributed by atoms with Crippen molar-refractivity contribution in [3.05, 3.63) is 21.4 Å². The van der Waals surface area contributed by atoms with Gasteiger partial charge in [0.25, 0.3) is 5.52 Å². The summed E-state index contributed by atoms with van der Waals surface area (Å²) in [5.74, 6) is 0.281. The molecule has 0 amide bonds. The van der Waals surface area contributed by atoms with E-state index in [-0.39, 0.29) is 33.1 Å². The van der Waals surface area contributed by atoms with E-state index in [4.69, 9.17) is 9.47 Å². The second-order valence-corrected chi connectivity index (χ2v) is 3.66. The molecule has 2 heterocycles. The van der Waals surface area contributed by atoms with Crippen molar-refractivity contribution < 1.29 is 23.9 Å². The molecule has 0 unspecified atom stereocenters. The summed E-state index contributed by atoms with van der Waals surface area (Å²) in [7, 11) is 0. The van der Waals surface area contributed by atoms with Gasteiger partial charge >= 0.3 is 11.2 Å². The van der Waals surface area contributed by atoms with Crippen LogP contribution in [0.1, 0.15) is 6.42 Å². The van der Waals surface area contributed by atoms with E-state index >= 15 is 0 Å². The lowest BCUT2D eigenvalue weighted by Gasteiger charge is -2.05. The summed E-state index contributed by atoms with van der Waals surface area (Å²) in [5.41, 5.74) is -0.632. The predicted molar refractivity (Wildman–Crippen MR) is 55.2 cm³/mol. The summed E-state index contributed by atoms with van der Waals surface area (Å²) in [6.07, 6.45) is 0.619. The van der Waals surface area contributed by atoms with Crippen LogP contribution in [-0.2, 0) is 0 Å². The maximum absolute atomic E-state index is 11.5. The van der Waals surface area contributed by atoms with Gasteiger partial charge in [0.15, 0.2) is 5.75 Å². The van der Waals surface area contributed by atoms with Gasteiger partial charge in [0.1, 0.15) is 0 Å². The number of ether oxygens (including phenoxy) is 2. The van der Waals surface area contributed by atoms with Crippen LogP contribution in [0.2, 0.25) is 0 Å². The van der Waals surface area contributed by atoms with Crippen molar-refractivity contribution in [3.63, 3.8) is 0 Å². The zero-order valence-corrected chi connectivity index (χ0v) is 8.99. The molecule has 0 N–H and O–H groups in total. The van der Waals surface area contributed by atoms with Crippen LogP contribution in [0.3, 0.4) is 0 Å². The predicted octanol–water partition coefficient (Wildman–Crippen LogP) is 0.531. The molecule has 0 aliphatic carbocycles. The number of aromatic nitrogens is 2. The first kappa shape index (κ1) is 10.6. The number of nitro groups is 1. The summed E-state index contributed by atoms with van der Waals surface area (Å²) in [6.45, 7) is 0.713. The summed E-state index contributed by atoms with van der Waals surface area (Å²) in [5, 5.41) is 25.8. The summed E-state index contributed by atoms with van der Waals surface area (Å²) in [4.78, 5) is 10.3. The Morgan fingerprint density at radius 3 is 2.94 bits per heavy atom. The third-order valence-corrected chi connectivity index (χ3v) is 2.55. The molecule has 0 saturated heterocycles. The van der Waals surface area contributed by atoms with E-state index < -0.39 is 4.92 Å². The molecule has 2 aromatic rings. The summed E-state index contributed by atoms with van der Waals surface area (Å²) < 4.78 is 15.1. The van der Waals surface area contributed by atoms with Crippen LogP contribution in [0.5, 0.6) is 11.5 Å². The second kappa shape index (κ2) is 3.72. The van der Waals surface area contributed by atoms with Crippen LogP contribution in [-0.4, -0.2) is 23.3 Å². The topological polar surface area (TPSA) is 115 Å². The molecule has 18 heavy (non-hydrogen) atoms. The van der Waals surface area contributed by atoms with Gasteiger partial charge in [0.2, 0.25) is 5.75 Å². The van der Waals surface area contributed by atoms with Crippen LogP contribution in [0, 0.1) is 15.3 Å². The van der Waals surface area contributed by atoms with Gasteiger partial charge in [-0.1, -0.05) is 0 Å². The molecule has 1 aromatic carbocycles. The van der Waals surface area contributed by atoms with Gasteiger partial charge in [-0.05, 0) is 4.90 Å². The lowest BCUT2D eigenvalue weighted by Crippen LogP contribution is -2.23. The van der Waals surface area contributed by atoms with E-state index in [1.807, 2.05) is 0 Å². The van der Waals surface area contributed by atoms with Crippen LogP contribution in [0.15, 0.2) is 10.7 Å². The lowest BCUT2D eigenvalue weighted by atomic mass is 10.2. The van der Waals surface area contributed by atoms with Gasteiger partial charge in [-0.15, -0.1) is 0 Å². The number of benzene rings is 1. The Morgan fingerprint density at radius 2 is 2.17 bits per heavy atom. The van der Waals surface area contributed by atoms with E-state index in [1.165, 1.54) is 6.07 Å². The zero-order chi connectivity index (χ0) is 12.7. The molecule has 9 heteroatoms. The fourth-order valence-electron chi connectivity index (χ4n) is 1.78. The summed E-state index contributed by atoms with van der Waals surface area (Å²) >= 11 is 0. The Balaban J connectivity index is 2.37. The van der Waals surface area contributed by atoms with E-state index in [1.54, 1.807) is 0 Å². The Labute approximate surface area is 99.2 Å². The van der Waals surface area contributed by atoms with Gasteiger partial charge in [0, 0.05) is 6.42 Å². The monoisotopic (exact) mass is 253 g/mol. The molecular formula is C9H7N3O6. The highest BCUT2D eigenvalue weighted by atomic mass is 16.8. The Bertz CT molecular complexity index is 637. The first-order valence-electron chi connectivity index (χ1n) is 5.15. The van der Waals surface area contributed by atoms with Gasteiger partial charge in [0.05, 0.1) is 29.4 Å². The van der Waals surface area contributed by atoms with E-state index in [0.29, 0.717) is 19.6 Å². The molecule has 3 rings (SSSR count). The van der Waals surface area contributed by atoms with Crippen LogP contribution in [0.4, 0.5) is 5.69 Å². The van der Waals surface area contributed by atoms with Crippen LogP contribution < -0.4 is 14.4 Å². The molecule has 0 radical (unpaired) electrons. The smallest absolute Gasteiger partial charge is 0.330 e. The van der Waals surface area contributed by atoms with E-state index in [0.717, 1.165) is 0 Å². The quantitative estimate of drug-likeness (QED) is 0.413. The van der Waals surface area contributed by atoms with E-state index in [2.05, 4.69) is 9.79 Å². The molecule has 0 saturated carbocycles. The lowest BCUT2D eigenvalue weighted by molar-refractivity contribution is -0.782. The number of hydrogen-bond donors (Lipinski definition) is 0. The second-order valence-electron chi connectivity index (χ2n) is 3.66. The zero-order valence-electron chi connectivity index (χ0n) is 8.99. The van der Waals surface area contributed by atoms with Crippen molar-refractivity contribution in [2.75, 3.05) is 13.2 Å². The van der Waals surface area contributed by atoms with Crippen molar-refractivity contribution >= 4 is 16.7 Å². The Kier molecular flexibility index (Phi) is 2.18. The van der Waals surface area contributed by atoms with Crippen molar-refractivity contribution in [1.29, 1.82) is 0 Å². The fourth-order valence-corrected chi connectivity index (χ4v) is 1.78. The average molecular weight is 253 g/mol. The maximum Gasteiger partial charge on any atom is 0.330 e. The average Bonchev–Trinajstić information content (AvgIpc) is 2.60. The molecule has 94 valence electrons. The van der Waals surface area contributed by atoms with Gasteiger partial charge in [-0.25, -0.2) is 0 Å². The van der Waals surface area contributed by atoms with Gasteiger partial charge < -0.3 is 14.7 Å². The molecular weight excluding hydrogens is 246 g/mol. The molecule has 1 aliphatic rings. The van der Waals surface area contributed by atoms with Crippen molar-refractivity contribution in [2.45, 2.75) is 6.42 Å². The van der Waals surface area contributed by atoms with Crippen molar-refractivity contribution in [3.8, 4) is 11.5 Å². The van der Waals surface area contributed by atoms with Gasteiger partial charge in [-0.2, -0.15) is 0 Å². The highest BCUT2D eigenvalue weighted by molar-refractivity contribution is 5.89. The normalized spacial score (nSPS) is 14.4. The third kappa shape index (κ3) is 1.40. The molecule has 0 fully saturated rings. The number of non-ortho nitro benzene ring substituents is 1. The van der Waals surface area contributed by atoms with Crippen LogP contribution in [0.25, 0.3) is 11.0 Å². The number of hydrogen-bond acceptors (Lipinski definition) is 7. The SMILES string of the molecule is O=[N+]([O-])c1cc2c(c3c1no[n+]3[O-])OCCCO2. The largest absolute Gasteiger partial charge is 0.489 e. The summed E-state index contributed by atoms with van der Waals surface area (Å²) in [6, 6.07) is 1.19. The van der Waals surface area contributed by atoms with E-state index in [9.17, 15) is 15.3 Å². The van der Waals surface area contributed by atoms with Crippen molar-refractivity contribution in [1.82, 2.24) is 5.16 Å². The number of nitrogens with zero attached hydrogens (tertiary/aromatic N) is 3. The minimum atomic E-state index is -0.653. The Morgan fingerprint density at radius 1 is 1.39 bits per heavy atom. The number of fused-ring (bicyclic) bond motifs is 3. The first-order chi connectivity index (χ1) is 8.68. The Hall–Kier alpha value is -2.58. The molecule has 0 bridgehead atoms. The van der Waals surface area contributed by atoms with Crippen LogP contribution >= 0.6 is 0 Å². The van der Waals surface area contributed by atoms with Gasteiger partial charge in [-0.3, -0.25) is 14.7 Å². The number of rotatable bonds is 1. The maximum atomic E-state index is 11.5. The van der Waals surface area contributed by atoms with Crippen molar-refractivity contribution in [2.24, 2.45) is 0 Å². The molecule has 0 spiro atoms. The highest BCUT2D eigenvalue weighted by Crippen LogP contribution is 2.40. The molecule has 9 nitrogen and oxygen atoms in total. The first-order valence-corrected chi connectivity index (χ1v) is 5.15. The molecule has 0 atom stereocenters. The molecule has 1 aliphatic heterocycles. The minimum Gasteiger partial charge on any atom is -0.489 e. The third-order valence-electron chi connectivity index (χ3n) is 2.55. The number of nitro benzene ring substituents is 1. The fraction of sp³-hybridized carbons (Fsp3) is 0.333. The highest BCUT2D eigenvalue weighted by Gasteiger charge is 2.32.